The van der Waals surface area contributed by atoms with Crippen molar-refractivity contribution in [3.8, 4) is 0 Å². The van der Waals surface area contributed by atoms with Crippen LogP contribution in [0.1, 0.15) is 20.7 Å². The van der Waals surface area contributed by atoms with Crippen LogP contribution in [0.4, 0.5) is 5.13 Å². The molecule has 104 valence electrons. The summed E-state index contributed by atoms with van der Waals surface area (Å²) in [5.74, 6) is -1.31. The maximum Gasteiger partial charge on any atom is 0.335 e. The number of benzene rings is 1. The van der Waals surface area contributed by atoms with Crippen molar-refractivity contribution in [3.63, 3.8) is 0 Å². The van der Waals surface area contributed by atoms with Gasteiger partial charge in [0.25, 0.3) is 5.91 Å². The first-order valence-corrected chi connectivity index (χ1v) is 6.80. The molecule has 2 heterocycles. The molecule has 0 fully saturated rings. The van der Waals surface area contributed by atoms with Gasteiger partial charge in [-0.25, -0.2) is 9.78 Å². The van der Waals surface area contributed by atoms with Crippen LogP contribution < -0.4 is 5.32 Å². The van der Waals surface area contributed by atoms with E-state index in [1.807, 2.05) is 0 Å². The topological polar surface area (TPSA) is 92.2 Å². The number of nitrogens with one attached hydrogen (secondary N) is 1. The first-order valence-electron chi connectivity index (χ1n) is 5.99. The van der Waals surface area contributed by atoms with Gasteiger partial charge < -0.3 is 5.11 Å². The summed E-state index contributed by atoms with van der Waals surface area (Å²) in [6, 6.07) is 7.99. The highest BCUT2D eigenvalue weighted by Crippen LogP contribution is 2.27. The second kappa shape index (κ2) is 5.29. The number of carbonyl (C=O) groups excluding carboxylic acids is 1. The summed E-state index contributed by atoms with van der Waals surface area (Å²) < 4.78 is 0.807. The van der Waals surface area contributed by atoms with Crippen molar-refractivity contribution in [1.29, 1.82) is 0 Å². The van der Waals surface area contributed by atoms with E-state index in [4.69, 9.17) is 5.11 Å². The third-order valence-electron chi connectivity index (χ3n) is 2.78. The maximum absolute atomic E-state index is 12.0. The standard InChI is InChI=1S/C14H9N3O3S/c18-12(9-2-1-5-15-7-9)17-14-16-10-6-8(13(19)20)3-4-11(10)21-14/h1-7H,(H,19,20)(H,16,17,18). The van der Waals surface area contributed by atoms with Gasteiger partial charge in [0.2, 0.25) is 0 Å². The van der Waals surface area contributed by atoms with E-state index in [0.717, 1.165) is 4.70 Å². The van der Waals surface area contributed by atoms with Gasteiger partial charge in [0.15, 0.2) is 5.13 Å². The summed E-state index contributed by atoms with van der Waals surface area (Å²) in [6.45, 7) is 0. The molecule has 7 heteroatoms. The molecule has 0 radical (unpaired) electrons. The largest absolute Gasteiger partial charge is 0.478 e. The zero-order valence-corrected chi connectivity index (χ0v) is 11.4. The number of amides is 1. The number of nitrogens with zero attached hydrogens (tertiary/aromatic N) is 2. The van der Waals surface area contributed by atoms with Gasteiger partial charge in [0, 0.05) is 12.4 Å². The number of aromatic carboxylic acids is 1. The number of rotatable bonds is 3. The fraction of sp³-hybridized carbons (Fsp3) is 0. The lowest BCUT2D eigenvalue weighted by Gasteiger charge is -1.99. The zero-order chi connectivity index (χ0) is 14.8. The third-order valence-corrected chi connectivity index (χ3v) is 3.73. The van der Waals surface area contributed by atoms with Crippen molar-refractivity contribution in [3.05, 3.63) is 53.9 Å². The predicted octanol–water partition coefficient (Wildman–Crippen LogP) is 2.64. The van der Waals surface area contributed by atoms with Crippen molar-refractivity contribution in [1.82, 2.24) is 9.97 Å². The Labute approximate surface area is 123 Å². The Kier molecular flexibility index (Phi) is 3.33. The molecule has 0 aliphatic heterocycles. The Morgan fingerprint density at radius 2 is 2.05 bits per heavy atom. The second-order valence-corrected chi connectivity index (χ2v) is 5.23. The summed E-state index contributed by atoms with van der Waals surface area (Å²) in [4.78, 5) is 31.0. The number of aromatic nitrogens is 2. The SMILES string of the molecule is O=C(O)c1ccc2sc(NC(=O)c3cccnc3)nc2c1. The molecule has 3 aromatic rings. The second-order valence-electron chi connectivity index (χ2n) is 4.20. The van der Waals surface area contributed by atoms with Gasteiger partial charge in [0.1, 0.15) is 0 Å². The molecule has 1 amide bonds. The zero-order valence-electron chi connectivity index (χ0n) is 10.6. The molecule has 0 atom stereocenters. The molecule has 3 rings (SSSR count). The van der Waals surface area contributed by atoms with Crippen molar-refractivity contribution >= 4 is 38.6 Å². The molecule has 0 saturated carbocycles. The van der Waals surface area contributed by atoms with E-state index >= 15 is 0 Å². The first kappa shape index (κ1) is 13.2. The molecule has 0 unspecified atom stereocenters. The molecular formula is C14H9N3O3S. The molecule has 0 aliphatic rings. The average Bonchev–Trinajstić information content (AvgIpc) is 2.89. The van der Waals surface area contributed by atoms with Crippen LogP contribution >= 0.6 is 11.3 Å². The minimum atomic E-state index is -1.01. The highest BCUT2D eigenvalue weighted by Gasteiger charge is 2.11. The number of thiazole rings is 1. The third kappa shape index (κ3) is 2.72. The molecule has 0 saturated heterocycles. The quantitative estimate of drug-likeness (QED) is 0.775. The van der Waals surface area contributed by atoms with Gasteiger partial charge in [-0.05, 0) is 30.3 Å². The van der Waals surface area contributed by atoms with E-state index in [2.05, 4.69) is 15.3 Å². The molecule has 0 spiro atoms. The summed E-state index contributed by atoms with van der Waals surface area (Å²) >= 11 is 1.28. The lowest BCUT2D eigenvalue weighted by molar-refractivity contribution is 0.0697. The number of fused-ring (bicyclic) bond motifs is 1. The first-order chi connectivity index (χ1) is 10.1. The Morgan fingerprint density at radius 3 is 2.76 bits per heavy atom. The van der Waals surface area contributed by atoms with Crippen molar-refractivity contribution in [2.45, 2.75) is 0 Å². The maximum atomic E-state index is 12.0. The Hall–Kier alpha value is -2.80. The van der Waals surface area contributed by atoms with Crippen LogP contribution in [0.2, 0.25) is 0 Å². The molecule has 2 N–H and O–H groups in total. The number of carbonyl (C=O) groups is 2. The number of pyridine rings is 1. The van der Waals surface area contributed by atoms with Crippen LogP contribution in [0.15, 0.2) is 42.7 Å². The van der Waals surface area contributed by atoms with E-state index in [1.54, 1.807) is 24.4 Å². The minimum absolute atomic E-state index is 0.165. The average molecular weight is 299 g/mol. The summed E-state index contributed by atoms with van der Waals surface area (Å²) in [6.07, 6.45) is 3.05. The van der Waals surface area contributed by atoms with E-state index in [9.17, 15) is 9.59 Å². The molecular weight excluding hydrogens is 290 g/mol. The van der Waals surface area contributed by atoms with E-state index in [1.165, 1.54) is 29.7 Å². The van der Waals surface area contributed by atoms with Crippen LogP contribution in [-0.2, 0) is 0 Å². The highest BCUT2D eigenvalue weighted by molar-refractivity contribution is 7.22. The van der Waals surface area contributed by atoms with Gasteiger partial charge >= 0.3 is 5.97 Å². The minimum Gasteiger partial charge on any atom is -0.478 e. The van der Waals surface area contributed by atoms with Gasteiger partial charge in [-0.1, -0.05) is 11.3 Å². The number of carboxylic acids is 1. The number of anilines is 1. The smallest absolute Gasteiger partial charge is 0.335 e. The van der Waals surface area contributed by atoms with Crippen LogP contribution in [0.5, 0.6) is 0 Å². The van der Waals surface area contributed by atoms with E-state index in [-0.39, 0.29) is 11.5 Å². The normalized spacial score (nSPS) is 10.5. The van der Waals surface area contributed by atoms with Crippen molar-refractivity contribution < 1.29 is 14.7 Å². The lowest BCUT2D eigenvalue weighted by atomic mass is 10.2. The highest BCUT2D eigenvalue weighted by atomic mass is 32.1. The van der Waals surface area contributed by atoms with Gasteiger partial charge in [-0.2, -0.15) is 0 Å². The van der Waals surface area contributed by atoms with Gasteiger partial charge in [-0.3, -0.25) is 15.1 Å². The molecule has 21 heavy (non-hydrogen) atoms. The predicted molar refractivity (Wildman–Crippen MR) is 78.8 cm³/mol. The van der Waals surface area contributed by atoms with Crippen molar-refractivity contribution in [2.24, 2.45) is 0 Å². The molecule has 0 aliphatic carbocycles. The summed E-state index contributed by atoms with van der Waals surface area (Å²) in [5, 5.41) is 12.0. The fourth-order valence-electron chi connectivity index (χ4n) is 1.78. The molecule has 6 nitrogen and oxygen atoms in total. The van der Waals surface area contributed by atoms with Gasteiger partial charge in [0.05, 0.1) is 21.3 Å². The van der Waals surface area contributed by atoms with Crippen LogP contribution in [0.3, 0.4) is 0 Å². The Bertz CT molecular complexity index is 830. The van der Waals surface area contributed by atoms with Crippen molar-refractivity contribution in [2.75, 3.05) is 5.32 Å². The Morgan fingerprint density at radius 1 is 1.19 bits per heavy atom. The lowest BCUT2D eigenvalue weighted by Crippen LogP contribution is -2.11. The van der Waals surface area contributed by atoms with E-state index < -0.39 is 5.97 Å². The fourth-order valence-corrected chi connectivity index (χ4v) is 2.62. The Balaban J connectivity index is 1.88. The molecule has 0 bridgehead atoms. The van der Waals surface area contributed by atoms with E-state index in [0.29, 0.717) is 16.2 Å². The molecule has 2 aromatic heterocycles. The summed E-state index contributed by atoms with van der Waals surface area (Å²) in [7, 11) is 0. The number of hydrogen-bond donors (Lipinski definition) is 2. The van der Waals surface area contributed by atoms with Crippen LogP contribution in [0, 0.1) is 0 Å². The number of carboxylic acid groups (broad SMARTS) is 1. The number of hydrogen-bond acceptors (Lipinski definition) is 5. The molecule has 1 aromatic carbocycles. The van der Waals surface area contributed by atoms with Gasteiger partial charge in [-0.15, -0.1) is 0 Å². The monoisotopic (exact) mass is 299 g/mol. The summed E-state index contributed by atoms with van der Waals surface area (Å²) in [5.41, 5.74) is 1.14. The van der Waals surface area contributed by atoms with Crippen LogP contribution in [-0.4, -0.2) is 27.0 Å². The van der Waals surface area contributed by atoms with Crippen LogP contribution in [0.25, 0.3) is 10.2 Å².